The van der Waals surface area contributed by atoms with Crippen LogP contribution in [0.4, 0.5) is 4.79 Å². The van der Waals surface area contributed by atoms with Crippen LogP contribution in [0, 0.1) is 5.92 Å². The molecule has 2 N–H and O–H groups in total. The highest BCUT2D eigenvalue weighted by molar-refractivity contribution is 5.77. The second kappa shape index (κ2) is 9.42. The van der Waals surface area contributed by atoms with Gasteiger partial charge in [0.2, 0.25) is 5.91 Å². The second-order valence-corrected chi connectivity index (χ2v) is 7.00. The van der Waals surface area contributed by atoms with Crippen LogP contribution in [0.1, 0.15) is 18.4 Å². The van der Waals surface area contributed by atoms with Gasteiger partial charge in [-0.2, -0.15) is 0 Å². The van der Waals surface area contributed by atoms with E-state index in [2.05, 4.69) is 27.7 Å². The van der Waals surface area contributed by atoms with E-state index < -0.39 is 0 Å². The summed E-state index contributed by atoms with van der Waals surface area (Å²) in [4.78, 5) is 28.1. The Morgan fingerprint density at radius 3 is 2.56 bits per heavy atom. The molecule has 6 heteroatoms. The highest BCUT2D eigenvalue weighted by atomic mass is 16.2. The molecule has 0 bridgehead atoms. The smallest absolute Gasteiger partial charge is 0.317 e. The van der Waals surface area contributed by atoms with E-state index >= 15 is 0 Å². The molecule has 0 aromatic heterocycles. The maximum atomic E-state index is 12.3. The molecule has 0 aliphatic carbocycles. The van der Waals surface area contributed by atoms with Gasteiger partial charge >= 0.3 is 6.03 Å². The fraction of sp³-hybridized carbons (Fsp3) is 0.579. The minimum absolute atomic E-state index is 0.0175. The summed E-state index contributed by atoms with van der Waals surface area (Å²) in [5.41, 5.74) is 1.26. The van der Waals surface area contributed by atoms with Gasteiger partial charge in [-0.25, -0.2) is 4.79 Å². The number of nitrogens with zero attached hydrogens (tertiary/aromatic N) is 2. The van der Waals surface area contributed by atoms with Crippen molar-refractivity contribution >= 4 is 11.9 Å². The quantitative estimate of drug-likeness (QED) is 0.783. The molecule has 3 amide bonds. The molecule has 1 aromatic carbocycles. The summed E-state index contributed by atoms with van der Waals surface area (Å²) in [6.45, 7) is 2.10. The van der Waals surface area contributed by atoms with Crippen molar-refractivity contribution in [2.45, 2.75) is 25.3 Å². The van der Waals surface area contributed by atoms with Crippen molar-refractivity contribution in [2.75, 3.05) is 40.8 Å². The first kappa shape index (κ1) is 19.2. The first-order valence-corrected chi connectivity index (χ1v) is 8.94. The first-order valence-electron chi connectivity index (χ1n) is 8.94. The highest BCUT2D eigenvalue weighted by Crippen LogP contribution is 2.18. The molecule has 2 rings (SSSR count). The Morgan fingerprint density at radius 2 is 1.92 bits per heavy atom. The average molecular weight is 346 g/mol. The van der Waals surface area contributed by atoms with Gasteiger partial charge in [0, 0.05) is 39.0 Å². The zero-order valence-electron chi connectivity index (χ0n) is 15.5. The molecule has 0 spiro atoms. The monoisotopic (exact) mass is 346 g/mol. The van der Waals surface area contributed by atoms with E-state index in [4.69, 9.17) is 0 Å². The minimum Gasteiger partial charge on any atom is -0.351 e. The molecule has 1 saturated heterocycles. The number of hydrogen-bond acceptors (Lipinski definition) is 3. The Balaban J connectivity index is 1.82. The fourth-order valence-electron chi connectivity index (χ4n) is 3.39. The van der Waals surface area contributed by atoms with Gasteiger partial charge in [-0.05, 0) is 32.5 Å². The number of hydrogen-bond donors (Lipinski definition) is 2. The van der Waals surface area contributed by atoms with Crippen molar-refractivity contribution in [3.05, 3.63) is 35.9 Å². The van der Waals surface area contributed by atoms with Crippen LogP contribution in [0.5, 0.6) is 0 Å². The predicted octanol–water partition coefficient (Wildman–Crippen LogP) is 1.33. The van der Waals surface area contributed by atoms with Crippen molar-refractivity contribution in [3.63, 3.8) is 0 Å². The van der Waals surface area contributed by atoms with Gasteiger partial charge in [-0.1, -0.05) is 30.3 Å². The summed E-state index contributed by atoms with van der Waals surface area (Å²) in [6.07, 6.45) is 2.25. The number of benzene rings is 1. The van der Waals surface area contributed by atoms with Gasteiger partial charge < -0.3 is 20.4 Å². The van der Waals surface area contributed by atoms with Crippen LogP contribution in [0.25, 0.3) is 0 Å². The van der Waals surface area contributed by atoms with E-state index in [0.29, 0.717) is 19.5 Å². The Labute approximate surface area is 150 Å². The number of likely N-dealkylation sites (tertiary alicyclic amines) is 1. The van der Waals surface area contributed by atoms with E-state index in [1.165, 1.54) is 5.56 Å². The summed E-state index contributed by atoms with van der Waals surface area (Å²) in [5, 5.41) is 5.81. The average Bonchev–Trinajstić information content (AvgIpc) is 2.97. The van der Waals surface area contributed by atoms with Gasteiger partial charge in [0.05, 0.1) is 6.04 Å². The van der Waals surface area contributed by atoms with E-state index in [0.717, 1.165) is 19.4 Å². The van der Waals surface area contributed by atoms with E-state index in [1.807, 2.05) is 32.3 Å². The number of carbonyl (C=O) groups excluding carboxylic acids is 2. The standard InChI is InChI=1S/C19H30N4O2/c1-20-19(25)23-13-16(12-22(2)3)17(14-23)21-18(24)11-7-10-15-8-5-4-6-9-15/h4-6,8-9,16-17H,7,10-14H2,1-3H3,(H,20,25)(H,21,24)/t16-,17-/m1/s1. The lowest BCUT2D eigenvalue weighted by Crippen LogP contribution is -2.43. The van der Waals surface area contributed by atoms with Gasteiger partial charge in [0.1, 0.15) is 0 Å². The van der Waals surface area contributed by atoms with Crippen LogP contribution in [0.2, 0.25) is 0 Å². The Bertz CT molecular complexity index is 562. The van der Waals surface area contributed by atoms with E-state index in [9.17, 15) is 9.59 Å². The zero-order chi connectivity index (χ0) is 18.2. The highest BCUT2D eigenvalue weighted by Gasteiger charge is 2.35. The van der Waals surface area contributed by atoms with Crippen LogP contribution < -0.4 is 10.6 Å². The molecule has 1 heterocycles. The summed E-state index contributed by atoms with van der Waals surface area (Å²) < 4.78 is 0. The van der Waals surface area contributed by atoms with Crippen LogP contribution in [0.3, 0.4) is 0 Å². The second-order valence-electron chi connectivity index (χ2n) is 7.00. The third-order valence-electron chi connectivity index (χ3n) is 4.60. The van der Waals surface area contributed by atoms with Gasteiger partial charge in [0.25, 0.3) is 0 Å². The summed E-state index contributed by atoms with van der Waals surface area (Å²) >= 11 is 0. The first-order chi connectivity index (χ1) is 12.0. The lowest BCUT2D eigenvalue weighted by Gasteiger charge is -2.22. The molecule has 138 valence electrons. The molecule has 1 aliphatic rings. The van der Waals surface area contributed by atoms with Crippen molar-refractivity contribution < 1.29 is 9.59 Å². The molecule has 1 aliphatic heterocycles. The van der Waals surface area contributed by atoms with Gasteiger partial charge in [-0.3, -0.25) is 4.79 Å². The third kappa shape index (κ3) is 6.05. The Morgan fingerprint density at radius 1 is 1.20 bits per heavy atom. The van der Waals surface area contributed by atoms with Gasteiger partial charge in [-0.15, -0.1) is 0 Å². The largest absolute Gasteiger partial charge is 0.351 e. The molecule has 1 aromatic rings. The number of nitrogens with one attached hydrogen (secondary N) is 2. The molecule has 2 atom stereocenters. The maximum Gasteiger partial charge on any atom is 0.317 e. The molecule has 25 heavy (non-hydrogen) atoms. The predicted molar refractivity (Wildman–Crippen MR) is 99.4 cm³/mol. The van der Waals surface area contributed by atoms with Crippen LogP contribution in [-0.2, 0) is 11.2 Å². The molecule has 6 nitrogen and oxygen atoms in total. The number of carbonyl (C=O) groups is 2. The van der Waals surface area contributed by atoms with Crippen molar-refractivity contribution in [2.24, 2.45) is 5.92 Å². The Hall–Kier alpha value is -2.08. The molecular weight excluding hydrogens is 316 g/mol. The summed E-state index contributed by atoms with van der Waals surface area (Å²) in [6, 6.07) is 10.2. The number of urea groups is 1. The summed E-state index contributed by atoms with van der Waals surface area (Å²) in [5.74, 6) is 0.328. The van der Waals surface area contributed by atoms with Crippen LogP contribution in [-0.4, -0.2) is 68.6 Å². The van der Waals surface area contributed by atoms with Crippen molar-refractivity contribution in [3.8, 4) is 0 Å². The van der Waals surface area contributed by atoms with E-state index in [-0.39, 0.29) is 23.9 Å². The lowest BCUT2D eigenvalue weighted by atomic mass is 10.0. The van der Waals surface area contributed by atoms with Crippen LogP contribution in [0.15, 0.2) is 30.3 Å². The van der Waals surface area contributed by atoms with Crippen LogP contribution >= 0.6 is 0 Å². The fourth-order valence-corrected chi connectivity index (χ4v) is 3.39. The topological polar surface area (TPSA) is 64.7 Å². The number of amides is 3. The number of aryl methyl sites for hydroxylation is 1. The molecule has 0 radical (unpaired) electrons. The molecule has 0 unspecified atom stereocenters. The van der Waals surface area contributed by atoms with Gasteiger partial charge in [0.15, 0.2) is 0 Å². The molecule has 0 saturated carbocycles. The SMILES string of the molecule is CNC(=O)N1C[C@@H](CN(C)C)[C@H](NC(=O)CCCc2ccccc2)C1. The zero-order valence-corrected chi connectivity index (χ0v) is 15.5. The third-order valence-corrected chi connectivity index (χ3v) is 4.60. The normalized spacial score (nSPS) is 19.9. The molecular formula is C19H30N4O2. The van der Waals surface area contributed by atoms with E-state index in [1.54, 1.807) is 11.9 Å². The summed E-state index contributed by atoms with van der Waals surface area (Å²) in [7, 11) is 5.67. The minimum atomic E-state index is -0.0791. The number of rotatable bonds is 7. The van der Waals surface area contributed by atoms with Crippen molar-refractivity contribution in [1.82, 2.24) is 20.4 Å². The van der Waals surface area contributed by atoms with Crippen molar-refractivity contribution in [1.29, 1.82) is 0 Å². The Kier molecular flexibility index (Phi) is 7.25. The lowest BCUT2D eigenvalue weighted by molar-refractivity contribution is -0.122. The molecule has 1 fully saturated rings. The maximum absolute atomic E-state index is 12.3.